The topological polar surface area (TPSA) is 81.8 Å². The Hall–Kier alpha value is -3.15. The van der Waals surface area contributed by atoms with E-state index in [0.29, 0.717) is 24.5 Å². The molecule has 0 fully saturated rings. The summed E-state index contributed by atoms with van der Waals surface area (Å²) in [5.74, 6) is -0.275. The molecule has 180 valence electrons. The summed E-state index contributed by atoms with van der Waals surface area (Å²) in [6, 6.07) is 22.3. The summed E-state index contributed by atoms with van der Waals surface area (Å²) in [7, 11) is 1.72. The van der Waals surface area contributed by atoms with Crippen LogP contribution in [0.3, 0.4) is 0 Å². The van der Waals surface area contributed by atoms with E-state index in [2.05, 4.69) is 49.4 Å². The SMILES string of the molecule is CCC[C@@H](N)c1cccc(-c2cc(CCCOC)cc(COc3ccccc3CC(=O)O)c2)c1. The van der Waals surface area contributed by atoms with Crippen molar-refractivity contribution < 1.29 is 19.4 Å². The van der Waals surface area contributed by atoms with Crippen LogP contribution >= 0.6 is 0 Å². The van der Waals surface area contributed by atoms with Gasteiger partial charge in [0, 0.05) is 25.3 Å². The lowest BCUT2D eigenvalue weighted by molar-refractivity contribution is -0.136. The lowest BCUT2D eigenvalue weighted by Gasteiger charge is -2.15. The number of benzene rings is 3. The van der Waals surface area contributed by atoms with Crippen molar-refractivity contribution in [2.75, 3.05) is 13.7 Å². The number of ether oxygens (including phenoxy) is 2. The number of nitrogens with two attached hydrogens (primary N) is 1. The minimum atomic E-state index is -0.875. The number of hydrogen-bond donors (Lipinski definition) is 2. The number of carboxylic acid groups (broad SMARTS) is 1. The molecule has 0 aliphatic heterocycles. The van der Waals surface area contributed by atoms with E-state index in [-0.39, 0.29) is 12.5 Å². The van der Waals surface area contributed by atoms with Gasteiger partial charge in [-0.15, -0.1) is 0 Å². The molecule has 0 saturated heterocycles. The maximum Gasteiger partial charge on any atom is 0.307 e. The van der Waals surface area contributed by atoms with E-state index in [4.69, 9.17) is 15.2 Å². The number of carbonyl (C=O) groups is 1. The fraction of sp³-hybridized carbons (Fsp3) is 0.345. The van der Waals surface area contributed by atoms with Crippen LogP contribution in [0.15, 0.2) is 66.7 Å². The van der Waals surface area contributed by atoms with Crippen LogP contribution in [0.5, 0.6) is 5.75 Å². The van der Waals surface area contributed by atoms with Crippen molar-refractivity contribution in [1.29, 1.82) is 0 Å². The van der Waals surface area contributed by atoms with Crippen LogP contribution in [0.1, 0.15) is 54.5 Å². The van der Waals surface area contributed by atoms with Gasteiger partial charge in [0.1, 0.15) is 12.4 Å². The monoisotopic (exact) mass is 461 g/mol. The van der Waals surface area contributed by atoms with Crippen molar-refractivity contribution in [2.45, 2.75) is 51.7 Å². The second kappa shape index (κ2) is 12.9. The van der Waals surface area contributed by atoms with Gasteiger partial charge in [0.25, 0.3) is 0 Å². The number of carboxylic acids is 1. The smallest absolute Gasteiger partial charge is 0.307 e. The molecule has 0 bridgehead atoms. The highest BCUT2D eigenvalue weighted by Gasteiger charge is 2.11. The lowest BCUT2D eigenvalue weighted by atomic mass is 9.94. The number of methoxy groups -OCH3 is 1. The van der Waals surface area contributed by atoms with Gasteiger partial charge in [0.05, 0.1) is 6.42 Å². The van der Waals surface area contributed by atoms with Gasteiger partial charge in [-0.05, 0) is 65.3 Å². The zero-order chi connectivity index (χ0) is 24.3. The molecular weight excluding hydrogens is 426 g/mol. The number of aryl methyl sites for hydroxylation is 1. The maximum absolute atomic E-state index is 11.2. The first kappa shape index (κ1) is 25.5. The molecule has 0 heterocycles. The molecule has 34 heavy (non-hydrogen) atoms. The molecule has 1 atom stereocenters. The summed E-state index contributed by atoms with van der Waals surface area (Å²) in [5, 5.41) is 9.20. The zero-order valence-corrected chi connectivity index (χ0v) is 20.1. The second-order valence-corrected chi connectivity index (χ2v) is 8.62. The average molecular weight is 462 g/mol. The third-order valence-corrected chi connectivity index (χ3v) is 5.82. The Morgan fingerprint density at radius 3 is 2.56 bits per heavy atom. The van der Waals surface area contributed by atoms with E-state index in [1.165, 1.54) is 5.56 Å². The quantitative estimate of drug-likeness (QED) is 0.308. The Kier molecular flexibility index (Phi) is 9.68. The third-order valence-electron chi connectivity index (χ3n) is 5.82. The van der Waals surface area contributed by atoms with Crippen LogP contribution in [-0.2, 0) is 29.0 Å². The van der Waals surface area contributed by atoms with Crippen LogP contribution in [-0.4, -0.2) is 24.8 Å². The van der Waals surface area contributed by atoms with E-state index in [1.807, 2.05) is 18.2 Å². The first-order valence-corrected chi connectivity index (χ1v) is 11.9. The number of para-hydroxylation sites is 1. The number of aliphatic carboxylic acids is 1. The molecule has 3 N–H and O–H groups in total. The van der Waals surface area contributed by atoms with Crippen molar-refractivity contribution in [3.63, 3.8) is 0 Å². The van der Waals surface area contributed by atoms with Crippen LogP contribution in [0, 0.1) is 0 Å². The van der Waals surface area contributed by atoms with Crippen molar-refractivity contribution >= 4 is 5.97 Å². The molecule has 0 saturated carbocycles. The third kappa shape index (κ3) is 7.44. The molecule has 5 nitrogen and oxygen atoms in total. The number of rotatable bonds is 13. The lowest BCUT2D eigenvalue weighted by Crippen LogP contribution is -2.09. The first-order chi connectivity index (χ1) is 16.5. The Morgan fingerprint density at radius 2 is 1.79 bits per heavy atom. The van der Waals surface area contributed by atoms with Gasteiger partial charge in [0.2, 0.25) is 0 Å². The summed E-state index contributed by atoms with van der Waals surface area (Å²) in [6.45, 7) is 3.21. The highest BCUT2D eigenvalue weighted by atomic mass is 16.5. The van der Waals surface area contributed by atoms with Gasteiger partial charge in [-0.2, -0.15) is 0 Å². The van der Waals surface area contributed by atoms with E-state index in [1.54, 1.807) is 13.2 Å². The Morgan fingerprint density at radius 1 is 1.00 bits per heavy atom. The fourth-order valence-electron chi connectivity index (χ4n) is 4.12. The van der Waals surface area contributed by atoms with E-state index in [9.17, 15) is 9.90 Å². The summed E-state index contributed by atoms with van der Waals surface area (Å²) in [5.41, 5.74) is 12.7. The van der Waals surface area contributed by atoms with Crippen molar-refractivity contribution in [1.82, 2.24) is 0 Å². The van der Waals surface area contributed by atoms with Gasteiger partial charge >= 0.3 is 5.97 Å². The van der Waals surface area contributed by atoms with Crippen molar-refractivity contribution in [3.05, 3.63) is 89.0 Å². The minimum Gasteiger partial charge on any atom is -0.489 e. The van der Waals surface area contributed by atoms with Crippen molar-refractivity contribution in [2.24, 2.45) is 5.73 Å². The molecular formula is C29H35NO4. The van der Waals surface area contributed by atoms with Gasteiger partial charge in [-0.25, -0.2) is 0 Å². The molecule has 0 radical (unpaired) electrons. The standard InChI is InChI=1S/C29H35NO4/c1-3-8-27(30)24-12-6-11-23(18-24)26-16-21(9-7-14-33-2)15-22(17-26)20-34-28-13-5-4-10-25(28)19-29(31)32/h4-6,10-13,15-18,27H,3,7-9,14,19-20,30H2,1-2H3,(H,31,32)/t27-/m1/s1. The molecule has 3 rings (SSSR count). The van der Waals surface area contributed by atoms with E-state index in [0.717, 1.165) is 47.9 Å². The molecule has 5 heteroatoms. The summed E-state index contributed by atoms with van der Waals surface area (Å²) in [6.07, 6.45) is 3.77. The zero-order valence-electron chi connectivity index (χ0n) is 20.1. The normalized spacial score (nSPS) is 11.9. The van der Waals surface area contributed by atoms with E-state index >= 15 is 0 Å². The largest absolute Gasteiger partial charge is 0.489 e. The Bertz CT molecular complexity index is 1080. The fourth-order valence-corrected chi connectivity index (χ4v) is 4.12. The van der Waals surface area contributed by atoms with Gasteiger partial charge in [-0.3, -0.25) is 4.79 Å². The van der Waals surface area contributed by atoms with Crippen LogP contribution in [0.2, 0.25) is 0 Å². The molecule has 0 unspecified atom stereocenters. The molecule has 3 aromatic rings. The predicted molar refractivity (Wildman–Crippen MR) is 136 cm³/mol. The highest BCUT2D eigenvalue weighted by Crippen LogP contribution is 2.28. The summed E-state index contributed by atoms with van der Waals surface area (Å²) < 4.78 is 11.3. The molecule has 0 aliphatic rings. The molecule has 0 spiro atoms. The molecule has 0 amide bonds. The maximum atomic E-state index is 11.2. The second-order valence-electron chi connectivity index (χ2n) is 8.62. The van der Waals surface area contributed by atoms with Gasteiger partial charge in [-0.1, -0.05) is 61.9 Å². The van der Waals surface area contributed by atoms with E-state index < -0.39 is 5.97 Å². The molecule has 0 aromatic heterocycles. The minimum absolute atomic E-state index is 0.0309. The van der Waals surface area contributed by atoms with Gasteiger partial charge in [0.15, 0.2) is 0 Å². The first-order valence-electron chi connectivity index (χ1n) is 11.9. The molecule has 3 aromatic carbocycles. The summed E-state index contributed by atoms with van der Waals surface area (Å²) >= 11 is 0. The van der Waals surface area contributed by atoms with Crippen LogP contribution in [0.25, 0.3) is 11.1 Å². The average Bonchev–Trinajstić information content (AvgIpc) is 2.83. The van der Waals surface area contributed by atoms with Crippen LogP contribution < -0.4 is 10.5 Å². The highest BCUT2D eigenvalue weighted by molar-refractivity contribution is 5.71. The number of hydrogen-bond acceptors (Lipinski definition) is 4. The van der Waals surface area contributed by atoms with Gasteiger partial charge < -0.3 is 20.3 Å². The Balaban J connectivity index is 1.88. The predicted octanol–water partition coefficient (Wildman–Crippen LogP) is 5.94. The summed E-state index contributed by atoms with van der Waals surface area (Å²) in [4.78, 5) is 11.2. The van der Waals surface area contributed by atoms with Crippen LogP contribution in [0.4, 0.5) is 0 Å². The molecule has 0 aliphatic carbocycles. The van der Waals surface area contributed by atoms with Crippen molar-refractivity contribution in [3.8, 4) is 16.9 Å². The Labute approximate surface area is 202 Å².